The van der Waals surface area contributed by atoms with Crippen LogP contribution in [0.1, 0.15) is 85.5 Å². The molecule has 0 aromatic heterocycles. The van der Waals surface area contributed by atoms with Crippen molar-refractivity contribution in [2.24, 2.45) is 28.6 Å². The van der Waals surface area contributed by atoms with Crippen molar-refractivity contribution in [1.29, 1.82) is 0 Å². The van der Waals surface area contributed by atoms with Gasteiger partial charge < -0.3 is 9.29 Å². The molecular formula is C25H39O6S-. The molecule has 3 rings (SSSR count). The van der Waals surface area contributed by atoms with Crippen LogP contribution in [0.4, 0.5) is 0 Å². The van der Waals surface area contributed by atoms with Crippen molar-refractivity contribution >= 4 is 16.4 Å². The van der Waals surface area contributed by atoms with E-state index in [2.05, 4.69) is 38.0 Å². The second kappa shape index (κ2) is 9.98. The third-order valence-corrected chi connectivity index (χ3v) is 8.88. The maximum Gasteiger partial charge on any atom is 0.331 e. The molecule has 1 aliphatic heterocycles. The highest BCUT2D eigenvalue weighted by molar-refractivity contribution is 7.80. The van der Waals surface area contributed by atoms with Gasteiger partial charge in [-0.05, 0) is 91.9 Å². The van der Waals surface area contributed by atoms with Crippen LogP contribution in [-0.2, 0) is 24.1 Å². The second-order valence-corrected chi connectivity index (χ2v) is 12.1. The van der Waals surface area contributed by atoms with Gasteiger partial charge in [-0.3, -0.25) is 4.18 Å². The molecule has 0 aromatic carbocycles. The van der Waals surface area contributed by atoms with Crippen molar-refractivity contribution in [2.75, 3.05) is 13.2 Å². The minimum Gasteiger partial charge on any atom is -0.726 e. The smallest absolute Gasteiger partial charge is 0.331 e. The van der Waals surface area contributed by atoms with E-state index in [0.717, 1.165) is 44.1 Å². The Labute approximate surface area is 193 Å². The van der Waals surface area contributed by atoms with Gasteiger partial charge in [-0.15, -0.1) is 0 Å². The Bertz CT molecular complexity index is 856. The van der Waals surface area contributed by atoms with Crippen LogP contribution >= 0.6 is 0 Å². The first-order valence-electron chi connectivity index (χ1n) is 12.1. The maximum atomic E-state index is 11.2. The topological polar surface area (TPSA) is 92.7 Å². The fourth-order valence-electron chi connectivity index (χ4n) is 6.10. The van der Waals surface area contributed by atoms with E-state index >= 15 is 0 Å². The van der Waals surface area contributed by atoms with Gasteiger partial charge in [0.05, 0.1) is 6.61 Å². The standard InChI is InChI=1S/C25H40O6S/c1-18-10-11-21-22(9-6-13-24(21,2)3)25(18,4)14-12-19(17-31-32(27,28)29)7-5-8-20-15-23(26)30-16-20/h9,15,18-19,21H,5-8,10-14,16-17H2,1-4H3,(H,27,28,29)/p-1/t18-,19?,21-,25-/m0/s1. The van der Waals surface area contributed by atoms with Crippen LogP contribution < -0.4 is 0 Å². The Morgan fingerprint density at radius 1 is 1.25 bits per heavy atom. The molecule has 182 valence electrons. The molecule has 0 amide bonds. The Kier molecular flexibility index (Phi) is 7.93. The highest BCUT2D eigenvalue weighted by Gasteiger charge is 2.47. The monoisotopic (exact) mass is 467 g/mol. The summed E-state index contributed by atoms with van der Waals surface area (Å²) in [6, 6.07) is 0. The van der Waals surface area contributed by atoms with E-state index in [1.54, 1.807) is 5.57 Å². The Balaban J connectivity index is 1.66. The summed E-state index contributed by atoms with van der Waals surface area (Å²) in [5, 5.41) is 0. The average Bonchev–Trinajstić information content (AvgIpc) is 3.11. The van der Waals surface area contributed by atoms with Crippen molar-refractivity contribution in [2.45, 2.75) is 85.5 Å². The molecule has 1 unspecified atom stereocenters. The van der Waals surface area contributed by atoms with Gasteiger partial charge in [0.15, 0.2) is 0 Å². The van der Waals surface area contributed by atoms with Crippen LogP contribution in [0.15, 0.2) is 23.3 Å². The third-order valence-electron chi connectivity index (χ3n) is 8.46. The average molecular weight is 468 g/mol. The molecule has 1 heterocycles. The van der Waals surface area contributed by atoms with Crippen LogP contribution in [0.25, 0.3) is 0 Å². The molecule has 2 aliphatic carbocycles. The lowest BCUT2D eigenvalue weighted by molar-refractivity contribution is -0.134. The molecule has 0 N–H and O–H groups in total. The van der Waals surface area contributed by atoms with Gasteiger partial charge in [0.1, 0.15) is 6.61 Å². The molecule has 0 spiro atoms. The summed E-state index contributed by atoms with van der Waals surface area (Å²) in [5.41, 5.74) is 2.97. The van der Waals surface area contributed by atoms with Crippen LogP contribution in [0.5, 0.6) is 0 Å². The third kappa shape index (κ3) is 6.23. The molecule has 0 bridgehead atoms. The second-order valence-electron chi connectivity index (χ2n) is 11.0. The van der Waals surface area contributed by atoms with E-state index in [1.807, 2.05) is 0 Å². The molecule has 0 saturated heterocycles. The zero-order valence-electron chi connectivity index (χ0n) is 20.0. The van der Waals surface area contributed by atoms with Gasteiger partial charge in [-0.2, -0.15) is 0 Å². The SMILES string of the molecule is C[C@H]1CC[C@H]2C(=CCCC2(C)C)[C@@]1(C)CCC(CCCC1=CC(=O)OC1)COS(=O)(=O)[O-]. The first-order chi connectivity index (χ1) is 14.9. The van der Waals surface area contributed by atoms with Gasteiger partial charge in [-0.1, -0.05) is 39.3 Å². The first kappa shape index (κ1) is 25.4. The lowest BCUT2D eigenvalue weighted by Gasteiger charge is -2.53. The van der Waals surface area contributed by atoms with Crippen molar-refractivity contribution < 1.29 is 26.7 Å². The molecule has 6 nitrogen and oxygen atoms in total. The summed E-state index contributed by atoms with van der Waals surface area (Å²) in [5.74, 6) is 0.866. The van der Waals surface area contributed by atoms with Gasteiger partial charge in [0, 0.05) is 6.08 Å². The number of esters is 1. The van der Waals surface area contributed by atoms with E-state index in [4.69, 9.17) is 4.74 Å². The largest absolute Gasteiger partial charge is 0.726 e. The molecule has 0 radical (unpaired) electrons. The lowest BCUT2D eigenvalue weighted by atomic mass is 9.52. The molecule has 1 saturated carbocycles. The van der Waals surface area contributed by atoms with E-state index in [1.165, 1.54) is 25.3 Å². The van der Waals surface area contributed by atoms with Gasteiger partial charge in [-0.25, -0.2) is 13.2 Å². The fourth-order valence-corrected chi connectivity index (χ4v) is 6.45. The van der Waals surface area contributed by atoms with Crippen LogP contribution in [0, 0.1) is 28.6 Å². The molecule has 32 heavy (non-hydrogen) atoms. The number of fused-ring (bicyclic) bond motifs is 1. The zero-order chi connectivity index (χ0) is 23.6. The number of rotatable bonds is 10. The Morgan fingerprint density at radius 2 is 2.00 bits per heavy atom. The minimum atomic E-state index is -4.71. The number of ether oxygens (including phenoxy) is 1. The van der Waals surface area contributed by atoms with Crippen molar-refractivity contribution in [1.82, 2.24) is 0 Å². The van der Waals surface area contributed by atoms with Crippen LogP contribution in [0.3, 0.4) is 0 Å². The van der Waals surface area contributed by atoms with Crippen LogP contribution in [-0.4, -0.2) is 32.2 Å². The zero-order valence-corrected chi connectivity index (χ0v) is 20.8. The summed E-state index contributed by atoms with van der Waals surface area (Å²) in [6.45, 7) is 9.78. The molecule has 1 fully saturated rings. The number of carbonyl (C=O) groups excluding carboxylic acids is 1. The fraction of sp³-hybridized carbons (Fsp3) is 0.800. The van der Waals surface area contributed by atoms with Gasteiger partial charge >= 0.3 is 5.97 Å². The summed E-state index contributed by atoms with van der Waals surface area (Å²) < 4.78 is 42.9. The van der Waals surface area contributed by atoms with E-state index < -0.39 is 10.4 Å². The van der Waals surface area contributed by atoms with E-state index in [0.29, 0.717) is 23.9 Å². The van der Waals surface area contributed by atoms with Crippen LogP contribution in [0.2, 0.25) is 0 Å². The number of carbonyl (C=O) groups is 1. The summed E-state index contributed by atoms with van der Waals surface area (Å²) in [7, 11) is -4.71. The van der Waals surface area contributed by atoms with Crippen molar-refractivity contribution in [3.8, 4) is 0 Å². The number of cyclic esters (lactones) is 1. The summed E-state index contributed by atoms with van der Waals surface area (Å²) in [6.07, 6.45) is 12.9. The highest BCUT2D eigenvalue weighted by Crippen LogP contribution is 2.58. The van der Waals surface area contributed by atoms with E-state index in [9.17, 15) is 17.8 Å². The molecule has 4 atom stereocenters. The predicted octanol–water partition coefficient (Wildman–Crippen LogP) is 5.31. The van der Waals surface area contributed by atoms with Crippen molar-refractivity contribution in [3.63, 3.8) is 0 Å². The number of hydrogen-bond donors (Lipinski definition) is 0. The normalized spacial score (nSPS) is 30.8. The Hall–Kier alpha value is -1.18. The highest BCUT2D eigenvalue weighted by atomic mass is 32.3. The predicted molar refractivity (Wildman–Crippen MR) is 122 cm³/mol. The molecule has 3 aliphatic rings. The van der Waals surface area contributed by atoms with Crippen molar-refractivity contribution in [3.05, 3.63) is 23.3 Å². The summed E-state index contributed by atoms with van der Waals surface area (Å²) >= 11 is 0. The number of allylic oxidation sites excluding steroid dienone is 2. The number of hydrogen-bond acceptors (Lipinski definition) is 6. The van der Waals surface area contributed by atoms with E-state index in [-0.39, 0.29) is 23.9 Å². The summed E-state index contributed by atoms with van der Waals surface area (Å²) in [4.78, 5) is 11.2. The first-order valence-corrected chi connectivity index (χ1v) is 13.4. The van der Waals surface area contributed by atoms with Gasteiger partial charge in [0.2, 0.25) is 10.4 Å². The minimum absolute atomic E-state index is 0.0149. The van der Waals surface area contributed by atoms with Gasteiger partial charge in [0.25, 0.3) is 0 Å². The Morgan fingerprint density at radius 3 is 2.66 bits per heavy atom. The molecular weight excluding hydrogens is 428 g/mol. The quantitative estimate of drug-likeness (QED) is 0.187. The molecule has 0 aromatic rings. The maximum absolute atomic E-state index is 11.2. The lowest BCUT2D eigenvalue weighted by Crippen LogP contribution is -2.43. The molecule has 7 heteroatoms.